The Hall–Kier alpha value is -4.17. The van der Waals surface area contributed by atoms with Crippen molar-refractivity contribution in [2.24, 2.45) is 0 Å². The highest BCUT2D eigenvalue weighted by Crippen LogP contribution is 2.40. The van der Waals surface area contributed by atoms with Crippen LogP contribution in [0.2, 0.25) is 0 Å². The molecule has 6 rings (SSSR count). The maximum atomic E-state index is 13.3. The number of benzene rings is 2. The highest BCUT2D eigenvalue weighted by molar-refractivity contribution is 6.02. The van der Waals surface area contributed by atoms with Gasteiger partial charge in [0.05, 0.1) is 11.2 Å². The van der Waals surface area contributed by atoms with Crippen molar-refractivity contribution in [2.75, 3.05) is 0 Å². The van der Waals surface area contributed by atoms with Crippen LogP contribution in [0, 0.1) is 11.3 Å². The SMILES string of the molecule is N#C/C(=C\c1cccc(C2CC2)n1)C(=O)NC1(c2ccc(-c3ccc4[nH]ccc4c3)cc2)CCCC1. The summed E-state index contributed by atoms with van der Waals surface area (Å²) in [6.07, 6.45) is 9.70. The summed E-state index contributed by atoms with van der Waals surface area (Å²) in [7, 11) is 0. The van der Waals surface area contributed by atoms with Crippen LogP contribution >= 0.6 is 0 Å². The Balaban J connectivity index is 1.25. The summed E-state index contributed by atoms with van der Waals surface area (Å²) in [5, 5.41) is 14.2. The molecule has 0 radical (unpaired) electrons. The maximum absolute atomic E-state index is 13.3. The molecule has 5 heteroatoms. The summed E-state index contributed by atoms with van der Waals surface area (Å²) in [5.41, 5.74) is 5.86. The van der Waals surface area contributed by atoms with Crippen LogP contribution in [0.1, 0.15) is 61.4 Å². The molecule has 0 bridgehead atoms. The minimum atomic E-state index is -0.459. The van der Waals surface area contributed by atoms with Crippen LogP contribution in [0.3, 0.4) is 0 Å². The number of nitriles is 1. The van der Waals surface area contributed by atoms with Crippen molar-refractivity contribution in [3.63, 3.8) is 0 Å². The second kappa shape index (κ2) is 9.13. The van der Waals surface area contributed by atoms with Gasteiger partial charge >= 0.3 is 0 Å². The largest absolute Gasteiger partial charge is 0.361 e. The quantitative estimate of drug-likeness (QED) is 0.245. The third kappa shape index (κ3) is 4.31. The van der Waals surface area contributed by atoms with Crippen LogP contribution in [0.4, 0.5) is 0 Å². The molecule has 5 nitrogen and oxygen atoms in total. The lowest BCUT2D eigenvalue weighted by atomic mass is 9.86. The molecule has 4 aromatic rings. The third-order valence-corrected chi connectivity index (χ3v) is 7.58. The van der Waals surface area contributed by atoms with E-state index in [-0.39, 0.29) is 11.5 Å². The summed E-state index contributed by atoms with van der Waals surface area (Å²) in [6, 6.07) is 24.9. The average Bonchev–Trinajstić information content (AvgIpc) is 3.48. The number of hydrogen-bond acceptors (Lipinski definition) is 3. The molecule has 2 saturated carbocycles. The number of carbonyl (C=O) groups is 1. The average molecular weight is 473 g/mol. The number of H-pyrrole nitrogens is 1. The molecule has 36 heavy (non-hydrogen) atoms. The first-order valence-electron chi connectivity index (χ1n) is 12.7. The zero-order chi connectivity index (χ0) is 24.5. The van der Waals surface area contributed by atoms with Gasteiger partial charge in [-0.15, -0.1) is 0 Å². The van der Waals surface area contributed by atoms with E-state index in [4.69, 9.17) is 0 Å². The second-order valence-electron chi connectivity index (χ2n) is 10.0. The molecule has 2 N–H and O–H groups in total. The normalized spacial score (nSPS) is 17.1. The van der Waals surface area contributed by atoms with Crippen molar-refractivity contribution in [1.29, 1.82) is 5.26 Å². The van der Waals surface area contributed by atoms with Crippen molar-refractivity contribution in [3.8, 4) is 17.2 Å². The highest BCUT2D eigenvalue weighted by Gasteiger charge is 2.37. The number of fused-ring (bicyclic) bond motifs is 1. The summed E-state index contributed by atoms with van der Waals surface area (Å²) in [4.78, 5) is 21.2. The van der Waals surface area contributed by atoms with Crippen molar-refractivity contribution in [3.05, 3.63) is 95.5 Å². The van der Waals surface area contributed by atoms with E-state index in [0.717, 1.165) is 66.4 Å². The molecule has 2 aromatic heterocycles. The van der Waals surface area contributed by atoms with E-state index < -0.39 is 5.54 Å². The molecule has 1 amide bonds. The fourth-order valence-corrected chi connectivity index (χ4v) is 5.42. The number of amides is 1. The lowest BCUT2D eigenvalue weighted by Crippen LogP contribution is -2.44. The fraction of sp³-hybridized carbons (Fsp3) is 0.258. The van der Waals surface area contributed by atoms with Crippen LogP contribution in [0.25, 0.3) is 28.1 Å². The van der Waals surface area contributed by atoms with Gasteiger partial charge in [-0.05, 0) is 84.2 Å². The second-order valence-corrected chi connectivity index (χ2v) is 10.0. The molecular formula is C31H28N4O. The van der Waals surface area contributed by atoms with Crippen molar-refractivity contribution in [1.82, 2.24) is 15.3 Å². The first-order chi connectivity index (χ1) is 17.6. The Morgan fingerprint density at radius 3 is 2.56 bits per heavy atom. The number of nitrogens with zero attached hydrogens (tertiary/aromatic N) is 2. The molecule has 2 aromatic carbocycles. The molecule has 0 aliphatic heterocycles. The third-order valence-electron chi connectivity index (χ3n) is 7.58. The van der Waals surface area contributed by atoms with Crippen molar-refractivity contribution in [2.45, 2.75) is 50.0 Å². The Labute approximate surface area is 210 Å². The van der Waals surface area contributed by atoms with Crippen LogP contribution in [-0.4, -0.2) is 15.9 Å². The van der Waals surface area contributed by atoms with E-state index in [0.29, 0.717) is 11.6 Å². The monoisotopic (exact) mass is 472 g/mol. The molecule has 0 spiro atoms. The zero-order valence-electron chi connectivity index (χ0n) is 20.1. The maximum Gasteiger partial charge on any atom is 0.262 e. The first kappa shape index (κ1) is 22.3. The fourth-order valence-electron chi connectivity index (χ4n) is 5.42. The van der Waals surface area contributed by atoms with Gasteiger partial charge in [-0.1, -0.05) is 49.2 Å². The zero-order valence-corrected chi connectivity index (χ0v) is 20.1. The van der Waals surface area contributed by atoms with E-state index in [9.17, 15) is 10.1 Å². The molecule has 2 heterocycles. The molecule has 2 aliphatic carbocycles. The van der Waals surface area contributed by atoms with Gasteiger partial charge in [0.25, 0.3) is 5.91 Å². The predicted octanol–water partition coefficient (Wildman–Crippen LogP) is 6.60. The molecule has 0 atom stereocenters. The molecule has 0 saturated heterocycles. The van der Waals surface area contributed by atoms with Gasteiger partial charge in [-0.2, -0.15) is 5.26 Å². The topological polar surface area (TPSA) is 81.6 Å². The Bertz CT molecular complexity index is 1500. The Kier molecular flexibility index (Phi) is 5.65. The van der Waals surface area contributed by atoms with Crippen molar-refractivity contribution < 1.29 is 4.79 Å². The highest BCUT2D eigenvalue weighted by atomic mass is 16.1. The van der Waals surface area contributed by atoms with E-state index in [1.165, 1.54) is 5.39 Å². The number of hydrogen-bond donors (Lipinski definition) is 2. The first-order valence-corrected chi connectivity index (χ1v) is 12.7. The Morgan fingerprint density at radius 2 is 1.81 bits per heavy atom. The molecule has 0 unspecified atom stereocenters. The van der Waals surface area contributed by atoms with Gasteiger partial charge in [0.15, 0.2) is 0 Å². The lowest BCUT2D eigenvalue weighted by molar-refractivity contribution is -0.119. The Morgan fingerprint density at radius 1 is 1.03 bits per heavy atom. The predicted molar refractivity (Wildman–Crippen MR) is 142 cm³/mol. The smallest absolute Gasteiger partial charge is 0.262 e. The van der Waals surface area contributed by atoms with E-state index in [1.807, 2.05) is 24.4 Å². The van der Waals surface area contributed by atoms with Crippen molar-refractivity contribution >= 4 is 22.9 Å². The van der Waals surface area contributed by atoms with Gasteiger partial charge in [-0.25, -0.2) is 0 Å². The number of rotatable bonds is 6. The molecule has 2 fully saturated rings. The minimum Gasteiger partial charge on any atom is -0.361 e. The summed E-state index contributed by atoms with van der Waals surface area (Å²) < 4.78 is 0. The van der Waals surface area contributed by atoms with Gasteiger partial charge in [0.2, 0.25) is 0 Å². The standard InChI is InChI=1S/C31H28N4O/c32-20-25(19-27-4-3-5-29(34-27)22-6-7-22)30(36)35-31(15-1-2-16-31)26-11-8-21(9-12-26)23-10-13-28-24(18-23)14-17-33-28/h3-5,8-14,17-19,22,33H,1-2,6-7,15-16H2,(H,35,36)/b25-19+. The van der Waals surface area contributed by atoms with Gasteiger partial charge in [-0.3, -0.25) is 9.78 Å². The van der Waals surface area contributed by atoms with Crippen LogP contribution in [0.5, 0.6) is 0 Å². The minimum absolute atomic E-state index is 0.0955. The van der Waals surface area contributed by atoms with Gasteiger partial charge in [0.1, 0.15) is 11.6 Å². The van der Waals surface area contributed by atoms with Crippen LogP contribution in [-0.2, 0) is 10.3 Å². The van der Waals surface area contributed by atoms with E-state index in [2.05, 4.69) is 69.9 Å². The molecule has 178 valence electrons. The lowest BCUT2D eigenvalue weighted by Gasteiger charge is -2.31. The van der Waals surface area contributed by atoms with Crippen LogP contribution < -0.4 is 5.32 Å². The van der Waals surface area contributed by atoms with E-state index in [1.54, 1.807) is 6.08 Å². The number of carbonyl (C=O) groups excluding carboxylic acids is 1. The van der Waals surface area contributed by atoms with E-state index >= 15 is 0 Å². The number of aromatic nitrogens is 2. The number of aromatic amines is 1. The van der Waals surface area contributed by atoms with Crippen LogP contribution in [0.15, 0.2) is 78.5 Å². The summed E-state index contributed by atoms with van der Waals surface area (Å²) >= 11 is 0. The number of nitrogens with one attached hydrogen (secondary N) is 2. The van der Waals surface area contributed by atoms with Gasteiger partial charge in [0, 0.05) is 23.3 Å². The summed E-state index contributed by atoms with van der Waals surface area (Å²) in [6.45, 7) is 0. The van der Waals surface area contributed by atoms with Gasteiger partial charge < -0.3 is 10.3 Å². The molecule has 2 aliphatic rings. The number of pyridine rings is 1. The molecular weight excluding hydrogens is 444 g/mol. The summed E-state index contributed by atoms with van der Waals surface area (Å²) in [5.74, 6) is 0.187.